The molecule has 0 unspecified atom stereocenters. The zero-order valence-electron chi connectivity index (χ0n) is 14.5. The van der Waals surface area contributed by atoms with Crippen LogP contribution in [0, 0.1) is 0 Å². The van der Waals surface area contributed by atoms with Gasteiger partial charge < -0.3 is 14.2 Å². The van der Waals surface area contributed by atoms with E-state index in [2.05, 4.69) is 21.5 Å². The average Bonchev–Trinajstić information content (AvgIpc) is 3.00. The Balaban J connectivity index is 1.56. The number of sulfonamides is 1. The molecule has 1 aliphatic rings. The van der Waals surface area contributed by atoms with Gasteiger partial charge in [0.2, 0.25) is 15.9 Å². The monoisotopic (exact) mass is 382 g/mol. The van der Waals surface area contributed by atoms with Crippen LogP contribution in [0.15, 0.2) is 32.3 Å². The van der Waals surface area contributed by atoms with Crippen LogP contribution in [0.3, 0.4) is 0 Å². The molecule has 1 aromatic heterocycles. The fourth-order valence-corrected chi connectivity index (χ4v) is 3.99. The van der Waals surface area contributed by atoms with E-state index in [0.29, 0.717) is 18.6 Å². The summed E-state index contributed by atoms with van der Waals surface area (Å²) in [4.78, 5) is 29.8. The maximum Gasteiger partial charge on any atom is 0.417 e. The third kappa shape index (κ3) is 4.14. The number of hydrogen-bond acceptors (Lipinski definition) is 6. The highest BCUT2D eigenvalue weighted by atomic mass is 32.2. The molecule has 1 aromatic carbocycles. The number of piperazine rings is 1. The first-order valence-electron chi connectivity index (χ1n) is 8.52. The van der Waals surface area contributed by atoms with Crippen LogP contribution in [0.1, 0.15) is 13.3 Å². The Morgan fingerprint density at radius 2 is 2.00 bits per heavy atom. The predicted octanol–water partition coefficient (Wildman–Crippen LogP) is -0.0464. The van der Waals surface area contributed by atoms with Crippen molar-refractivity contribution in [1.82, 2.24) is 19.5 Å². The molecule has 0 radical (unpaired) electrons. The highest BCUT2D eigenvalue weighted by Crippen LogP contribution is 2.16. The fraction of sp³-hybridized carbons (Fsp3) is 0.500. The second-order valence-corrected chi connectivity index (χ2v) is 7.90. The number of nitrogens with zero attached hydrogens (tertiary/aromatic N) is 2. The van der Waals surface area contributed by atoms with E-state index in [-0.39, 0.29) is 29.4 Å². The normalized spacial score (nSPS) is 16.3. The summed E-state index contributed by atoms with van der Waals surface area (Å²) in [7, 11) is -3.79. The van der Waals surface area contributed by atoms with Gasteiger partial charge in [-0.15, -0.1) is 0 Å². The molecule has 10 heteroatoms. The quantitative estimate of drug-likeness (QED) is 0.724. The summed E-state index contributed by atoms with van der Waals surface area (Å²) in [5.74, 6) is -0.702. The van der Waals surface area contributed by atoms with E-state index < -0.39 is 15.8 Å². The van der Waals surface area contributed by atoms with Crippen LogP contribution in [-0.4, -0.2) is 68.4 Å². The maximum atomic E-state index is 12.3. The summed E-state index contributed by atoms with van der Waals surface area (Å²) in [5, 5.41) is 0. The number of carbonyl (C=O) groups is 1. The van der Waals surface area contributed by atoms with Gasteiger partial charge >= 0.3 is 5.76 Å². The number of fused-ring (bicyclic) bond motifs is 1. The van der Waals surface area contributed by atoms with Gasteiger partial charge in [0.05, 0.1) is 10.4 Å². The number of carbonyl (C=O) groups excluding carboxylic acids is 1. The summed E-state index contributed by atoms with van der Waals surface area (Å²) in [6.45, 7) is 6.09. The van der Waals surface area contributed by atoms with Gasteiger partial charge in [-0.05, 0) is 18.7 Å². The third-order valence-electron chi connectivity index (χ3n) is 4.51. The van der Waals surface area contributed by atoms with Crippen LogP contribution in [0.4, 0.5) is 0 Å². The van der Waals surface area contributed by atoms with Crippen molar-refractivity contribution in [1.29, 1.82) is 0 Å². The van der Waals surface area contributed by atoms with Crippen molar-refractivity contribution < 1.29 is 17.6 Å². The fourth-order valence-electron chi connectivity index (χ4n) is 2.94. The standard InChI is InChI=1S/C16H22N4O5S/c1-2-19-7-9-20(10-8-19)15(21)5-6-17-26(23,24)12-3-4-13-14(11-12)25-16(22)18-13/h3-4,11,17H,2,5-10H2,1H3,(H,18,22). The van der Waals surface area contributed by atoms with Crippen LogP contribution in [0.2, 0.25) is 0 Å². The van der Waals surface area contributed by atoms with E-state index in [1.54, 1.807) is 4.90 Å². The Morgan fingerprint density at radius 1 is 1.27 bits per heavy atom. The predicted molar refractivity (Wildman–Crippen MR) is 95.3 cm³/mol. The zero-order chi connectivity index (χ0) is 18.7. The van der Waals surface area contributed by atoms with Crippen molar-refractivity contribution in [3.05, 3.63) is 28.7 Å². The Kier molecular flexibility index (Phi) is 5.44. The number of rotatable bonds is 6. The summed E-state index contributed by atoms with van der Waals surface area (Å²) in [6.07, 6.45) is 0.104. The number of likely N-dealkylation sites (N-methyl/N-ethyl adjacent to an activating group) is 1. The Hall–Kier alpha value is -2.17. The van der Waals surface area contributed by atoms with E-state index in [1.807, 2.05) is 0 Å². The van der Waals surface area contributed by atoms with Gasteiger partial charge in [-0.2, -0.15) is 0 Å². The van der Waals surface area contributed by atoms with Crippen LogP contribution in [0.25, 0.3) is 11.1 Å². The first kappa shape index (κ1) is 18.6. The Bertz CT molecular complexity index is 941. The molecule has 0 aliphatic carbocycles. The van der Waals surface area contributed by atoms with Gasteiger partial charge in [-0.1, -0.05) is 6.92 Å². The van der Waals surface area contributed by atoms with E-state index in [9.17, 15) is 18.0 Å². The van der Waals surface area contributed by atoms with Gasteiger partial charge in [0.15, 0.2) is 5.58 Å². The molecule has 26 heavy (non-hydrogen) atoms. The maximum absolute atomic E-state index is 12.3. The number of nitrogens with one attached hydrogen (secondary N) is 2. The molecule has 2 aromatic rings. The van der Waals surface area contributed by atoms with E-state index in [0.717, 1.165) is 19.6 Å². The van der Waals surface area contributed by atoms with E-state index in [4.69, 9.17) is 4.42 Å². The lowest BCUT2D eigenvalue weighted by Gasteiger charge is -2.34. The largest absolute Gasteiger partial charge is 0.417 e. The SMILES string of the molecule is CCN1CCN(C(=O)CCNS(=O)(=O)c2ccc3[nH]c(=O)oc3c2)CC1. The molecule has 0 bridgehead atoms. The number of aromatic nitrogens is 1. The van der Waals surface area contributed by atoms with Gasteiger partial charge in [0, 0.05) is 45.2 Å². The van der Waals surface area contributed by atoms with Crippen molar-refractivity contribution >= 4 is 27.0 Å². The number of aromatic amines is 1. The molecule has 0 saturated carbocycles. The van der Waals surface area contributed by atoms with Crippen LogP contribution in [0.5, 0.6) is 0 Å². The molecule has 2 N–H and O–H groups in total. The number of H-pyrrole nitrogens is 1. The molecule has 1 saturated heterocycles. The second kappa shape index (κ2) is 7.60. The van der Waals surface area contributed by atoms with Gasteiger partial charge in [-0.25, -0.2) is 17.9 Å². The minimum atomic E-state index is -3.79. The van der Waals surface area contributed by atoms with Crippen molar-refractivity contribution in [2.75, 3.05) is 39.3 Å². The second-order valence-electron chi connectivity index (χ2n) is 6.14. The Morgan fingerprint density at radius 3 is 2.69 bits per heavy atom. The minimum Gasteiger partial charge on any atom is -0.408 e. The molecular formula is C16H22N4O5S. The Labute approximate surface area is 151 Å². The molecule has 142 valence electrons. The molecule has 0 spiro atoms. The summed E-state index contributed by atoms with van der Waals surface area (Å²) in [6, 6.07) is 4.12. The number of benzene rings is 1. The van der Waals surface area contributed by atoms with Crippen molar-refractivity contribution in [3.8, 4) is 0 Å². The minimum absolute atomic E-state index is 0.0169. The molecule has 9 nitrogen and oxygen atoms in total. The topological polar surface area (TPSA) is 116 Å². The first-order chi connectivity index (χ1) is 12.4. The summed E-state index contributed by atoms with van der Waals surface area (Å²) in [5.41, 5.74) is 0.595. The third-order valence-corrected chi connectivity index (χ3v) is 5.96. The van der Waals surface area contributed by atoms with Crippen LogP contribution in [-0.2, 0) is 14.8 Å². The smallest absolute Gasteiger partial charge is 0.408 e. The van der Waals surface area contributed by atoms with E-state index in [1.165, 1.54) is 18.2 Å². The zero-order valence-corrected chi connectivity index (χ0v) is 15.3. The van der Waals surface area contributed by atoms with E-state index >= 15 is 0 Å². The first-order valence-corrected chi connectivity index (χ1v) is 10.00. The average molecular weight is 382 g/mol. The van der Waals surface area contributed by atoms with Crippen molar-refractivity contribution in [2.24, 2.45) is 0 Å². The molecule has 0 atom stereocenters. The molecule has 1 amide bonds. The van der Waals surface area contributed by atoms with Crippen LogP contribution >= 0.6 is 0 Å². The molecule has 3 rings (SSSR count). The molecule has 1 fully saturated rings. The number of amides is 1. The lowest BCUT2D eigenvalue weighted by Crippen LogP contribution is -2.49. The molecule has 1 aliphatic heterocycles. The molecular weight excluding hydrogens is 360 g/mol. The van der Waals surface area contributed by atoms with Gasteiger partial charge in [-0.3, -0.25) is 9.78 Å². The van der Waals surface area contributed by atoms with Crippen molar-refractivity contribution in [2.45, 2.75) is 18.2 Å². The summed E-state index contributed by atoms with van der Waals surface area (Å²) < 4.78 is 32.0. The number of hydrogen-bond donors (Lipinski definition) is 2. The highest BCUT2D eigenvalue weighted by molar-refractivity contribution is 7.89. The van der Waals surface area contributed by atoms with Gasteiger partial charge in [0.25, 0.3) is 0 Å². The van der Waals surface area contributed by atoms with Gasteiger partial charge in [0.1, 0.15) is 0 Å². The molecule has 2 heterocycles. The van der Waals surface area contributed by atoms with Crippen LogP contribution < -0.4 is 10.5 Å². The van der Waals surface area contributed by atoms with Crippen molar-refractivity contribution in [3.63, 3.8) is 0 Å². The summed E-state index contributed by atoms with van der Waals surface area (Å²) >= 11 is 0. The highest BCUT2D eigenvalue weighted by Gasteiger charge is 2.21. The number of oxazole rings is 1. The lowest BCUT2D eigenvalue weighted by atomic mass is 10.3. The lowest BCUT2D eigenvalue weighted by molar-refractivity contribution is -0.132.